The Morgan fingerprint density at radius 3 is 2.55 bits per heavy atom. The molecule has 44 heavy (non-hydrogen) atoms. The van der Waals surface area contributed by atoms with Crippen LogP contribution in [0.1, 0.15) is 27.3 Å². The number of hydrogen-bond donors (Lipinski definition) is 2. The third-order valence-electron chi connectivity index (χ3n) is 6.23. The van der Waals surface area contributed by atoms with Gasteiger partial charge in [-0.15, -0.1) is 5.10 Å². The fourth-order valence-corrected chi connectivity index (χ4v) is 4.27. The summed E-state index contributed by atoms with van der Waals surface area (Å²) in [5, 5.41) is 45.4. The molecule has 3 aromatic heterocycles. The maximum atomic E-state index is 13.4. The van der Waals surface area contributed by atoms with Gasteiger partial charge < -0.3 is 20.6 Å². The van der Waals surface area contributed by atoms with E-state index in [9.17, 15) is 25.0 Å². The van der Waals surface area contributed by atoms with E-state index < -0.39 is 21.6 Å². The number of nitrogens with two attached hydrogens (primary N) is 1. The minimum Gasteiger partial charge on any atom is -0.496 e. The molecule has 0 aliphatic rings. The van der Waals surface area contributed by atoms with Crippen LogP contribution < -0.4 is 15.9 Å². The lowest BCUT2D eigenvalue weighted by Gasteiger charge is -2.09. The van der Waals surface area contributed by atoms with Gasteiger partial charge in [0, 0.05) is 23.3 Å². The van der Waals surface area contributed by atoms with Gasteiger partial charge in [0.2, 0.25) is 11.6 Å². The maximum absolute atomic E-state index is 13.4. The van der Waals surface area contributed by atoms with Crippen molar-refractivity contribution in [1.29, 1.82) is 0 Å². The van der Waals surface area contributed by atoms with Crippen molar-refractivity contribution < 1.29 is 24.0 Å². The van der Waals surface area contributed by atoms with E-state index in [4.69, 9.17) is 22.1 Å². The molecule has 0 atom stereocenters. The number of nitrogen functional groups attached to an aromatic ring is 1. The van der Waals surface area contributed by atoms with Crippen molar-refractivity contribution in [3.05, 3.63) is 90.2 Å². The number of methoxy groups -OCH3 is 1. The van der Waals surface area contributed by atoms with Crippen molar-refractivity contribution in [2.24, 2.45) is 5.10 Å². The van der Waals surface area contributed by atoms with Gasteiger partial charge in [-0.1, -0.05) is 16.8 Å². The molecule has 5 rings (SSSR count). The zero-order valence-corrected chi connectivity index (χ0v) is 23.4. The van der Waals surface area contributed by atoms with Gasteiger partial charge in [-0.25, -0.2) is 10.1 Å². The van der Waals surface area contributed by atoms with Crippen molar-refractivity contribution >= 4 is 41.0 Å². The number of aromatic nitrogens is 7. The van der Waals surface area contributed by atoms with E-state index in [0.717, 1.165) is 4.68 Å². The molecule has 1 amide bonds. The first-order valence-electron chi connectivity index (χ1n) is 12.3. The Morgan fingerprint density at radius 1 is 1.18 bits per heavy atom. The summed E-state index contributed by atoms with van der Waals surface area (Å²) in [4.78, 5) is 34.4. The quantitative estimate of drug-likeness (QED) is 0.129. The number of carbonyl (C=O) groups is 1. The van der Waals surface area contributed by atoms with E-state index in [1.165, 1.54) is 42.3 Å². The van der Waals surface area contributed by atoms with E-state index in [-0.39, 0.29) is 40.3 Å². The van der Waals surface area contributed by atoms with E-state index in [1.54, 1.807) is 25.1 Å². The van der Waals surface area contributed by atoms with E-state index in [1.807, 2.05) is 0 Å². The summed E-state index contributed by atoms with van der Waals surface area (Å²) < 4.78 is 12.4. The van der Waals surface area contributed by atoms with Gasteiger partial charge in [-0.05, 0) is 58.1 Å². The molecule has 0 saturated carbocycles. The van der Waals surface area contributed by atoms with Gasteiger partial charge >= 0.3 is 5.82 Å². The molecule has 0 unspecified atom stereocenters. The normalized spacial score (nSPS) is 11.2. The zero-order chi connectivity index (χ0) is 31.5. The molecule has 0 radical (unpaired) electrons. The van der Waals surface area contributed by atoms with Gasteiger partial charge in [-0.2, -0.15) is 14.5 Å². The summed E-state index contributed by atoms with van der Waals surface area (Å²) in [7, 11) is 1.47. The van der Waals surface area contributed by atoms with Gasteiger partial charge in [0.05, 0.1) is 35.6 Å². The molecular formula is C24H19ClN12O7. The number of benzene rings is 2. The number of carbonyl (C=O) groups excluding carboxylic acids is 1. The molecule has 3 heterocycles. The molecule has 19 nitrogen and oxygen atoms in total. The van der Waals surface area contributed by atoms with Crippen LogP contribution in [0.15, 0.2) is 52.2 Å². The Kier molecular flexibility index (Phi) is 7.94. The number of rotatable bonds is 10. The molecule has 20 heteroatoms. The highest BCUT2D eigenvalue weighted by Gasteiger charge is 2.27. The van der Waals surface area contributed by atoms with Crippen LogP contribution in [0, 0.1) is 27.2 Å². The van der Waals surface area contributed by atoms with E-state index in [2.05, 4.69) is 40.9 Å². The lowest BCUT2D eigenvalue weighted by atomic mass is 10.1. The van der Waals surface area contributed by atoms with Crippen LogP contribution in [0.4, 0.5) is 17.3 Å². The van der Waals surface area contributed by atoms with Crippen molar-refractivity contribution in [2.45, 2.75) is 13.5 Å². The summed E-state index contributed by atoms with van der Waals surface area (Å²) in [5.74, 6) is -1.07. The summed E-state index contributed by atoms with van der Waals surface area (Å²) in [6.07, 6.45) is 1.35. The molecule has 0 aliphatic heterocycles. The summed E-state index contributed by atoms with van der Waals surface area (Å²) >= 11 is 6.07. The van der Waals surface area contributed by atoms with Crippen LogP contribution >= 0.6 is 11.6 Å². The molecule has 224 valence electrons. The second-order valence-electron chi connectivity index (χ2n) is 8.88. The van der Waals surface area contributed by atoms with Crippen LogP contribution in [0.25, 0.3) is 17.1 Å². The predicted molar refractivity (Wildman–Crippen MR) is 152 cm³/mol. The molecule has 5 aromatic rings. The highest BCUT2D eigenvalue weighted by Crippen LogP contribution is 2.29. The van der Waals surface area contributed by atoms with Crippen molar-refractivity contribution in [3.8, 4) is 22.8 Å². The molecule has 2 aromatic carbocycles. The number of hydrazone groups is 1. The topological polar surface area (TPSA) is 250 Å². The average Bonchev–Trinajstić information content (AvgIpc) is 3.71. The fraction of sp³-hybridized carbons (Fsp3) is 0.125. The fourth-order valence-electron chi connectivity index (χ4n) is 4.07. The molecule has 0 bridgehead atoms. The predicted octanol–water partition coefficient (Wildman–Crippen LogP) is 2.70. The number of hydrogen-bond acceptors (Lipinski definition) is 14. The van der Waals surface area contributed by atoms with E-state index in [0.29, 0.717) is 28.1 Å². The first-order valence-corrected chi connectivity index (χ1v) is 12.6. The zero-order valence-electron chi connectivity index (χ0n) is 22.6. The number of nitro benzene ring substituents is 1. The number of halogens is 1. The monoisotopic (exact) mass is 622 g/mol. The van der Waals surface area contributed by atoms with Gasteiger partial charge in [0.25, 0.3) is 11.6 Å². The Morgan fingerprint density at radius 2 is 1.93 bits per heavy atom. The van der Waals surface area contributed by atoms with Crippen LogP contribution in [0.3, 0.4) is 0 Å². The van der Waals surface area contributed by atoms with Crippen molar-refractivity contribution in [1.82, 2.24) is 40.5 Å². The number of nitro groups is 2. The molecule has 0 fully saturated rings. The van der Waals surface area contributed by atoms with Crippen LogP contribution in [-0.4, -0.2) is 64.2 Å². The number of ether oxygens (including phenoxy) is 1. The third kappa shape index (κ3) is 5.61. The smallest absolute Gasteiger partial charge is 0.408 e. The third-order valence-corrected chi connectivity index (χ3v) is 6.67. The largest absolute Gasteiger partial charge is 0.496 e. The van der Waals surface area contributed by atoms with Crippen LogP contribution in [-0.2, 0) is 6.54 Å². The SMILES string of the molecule is COc1ccc(C=NNC(=O)c2c(-c3ccc([N+](=O)[O-])cc3)nnn2-c2nonc2N)cc1Cn1nc([N+](=O)[O-])c(Cl)c1C. The first-order chi connectivity index (χ1) is 21.1. The molecule has 0 saturated heterocycles. The van der Waals surface area contributed by atoms with Gasteiger partial charge in [0.15, 0.2) is 10.7 Å². The number of anilines is 1. The Hall–Kier alpha value is -6.24. The highest BCUT2D eigenvalue weighted by atomic mass is 35.5. The Bertz CT molecular complexity index is 1930. The number of amides is 1. The van der Waals surface area contributed by atoms with Gasteiger partial charge in [0.1, 0.15) is 11.4 Å². The lowest BCUT2D eigenvalue weighted by Crippen LogP contribution is -2.22. The molecule has 0 spiro atoms. The van der Waals surface area contributed by atoms with E-state index >= 15 is 0 Å². The summed E-state index contributed by atoms with van der Waals surface area (Å²) in [6, 6.07) is 10.3. The Labute approximate surface area is 250 Å². The summed E-state index contributed by atoms with van der Waals surface area (Å²) in [6.45, 7) is 1.69. The molecular weight excluding hydrogens is 604 g/mol. The second-order valence-corrected chi connectivity index (χ2v) is 9.26. The lowest BCUT2D eigenvalue weighted by molar-refractivity contribution is -0.389. The summed E-state index contributed by atoms with van der Waals surface area (Å²) in [5.41, 5.74) is 9.75. The van der Waals surface area contributed by atoms with Gasteiger partial charge in [-0.3, -0.25) is 14.9 Å². The maximum Gasteiger partial charge on any atom is 0.408 e. The van der Waals surface area contributed by atoms with Crippen LogP contribution in [0.5, 0.6) is 5.75 Å². The highest BCUT2D eigenvalue weighted by molar-refractivity contribution is 6.33. The second kappa shape index (κ2) is 11.9. The first kappa shape index (κ1) is 29.3. The number of nitrogens with zero attached hydrogens (tertiary/aromatic N) is 10. The number of non-ortho nitro benzene ring substituents is 1. The standard InChI is InChI=1S/C24H19ClN12O7/c1-12-18(25)22(37(41)42)30-34(12)11-15-9-13(3-8-17(15)43-2)10-27-29-24(38)20-19(14-4-6-16(7-5-14)36(39)40)28-33-35(20)23-21(26)31-44-32-23/h3-10H,11H2,1-2H3,(H2,26,31)(H,29,38). The minimum atomic E-state index is -0.787. The average molecular weight is 623 g/mol. The Balaban J connectivity index is 1.43. The minimum absolute atomic E-state index is 0.0454. The van der Waals surface area contributed by atoms with Crippen molar-refractivity contribution in [2.75, 3.05) is 12.8 Å². The molecule has 3 N–H and O–H groups in total. The van der Waals surface area contributed by atoms with Crippen LogP contribution in [0.2, 0.25) is 5.02 Å². The number of nitrogens with one attached hydrogen (secondary N) is 1. The van der Waals surface area contributed by atoms with Crippen molar-refractivity contribution in [3.63, 3.8) is 0 Å². The molecule has 0 aliphatic carbocycles.